The lowest BCUT2D eigenvalue weighted by molar-refractivity contribution is 0.390. The molecule has 2 aromatic rings. The Hall–Kier alpha value is -2.42. The van der Waals surface area contributed by atoms with E-state index in [1.54, 1.807) is 14.2 Å². The Kier molecular flexibility index (Phi) is 3.33. The minimum absolute atomic E-state index is 0.795. The Balaban J connectivity index is 1.99. The van der Waals surface area contributed by atoms with Crippen LogP contribution in [0.15, 0.2) is 48.7 Å². The molecule has 0 saturated heterocycles. The van der Waals surface area contributed by atoms with Gasteiger partial charge < -0.3 is 14.4 Å². The number of anilines is 1. The van der Waals surface area contributed by atoms with Crippen LogP contribution in [-0.2, 0) is 6.54 Å². The van der Waals surface area contributed by atoms with E-state index in [1.165, 1.54) is 11.3 Å². The van der Waals surface area contributed by atoms with Crippen molar-refractivity contribution in [1.29, 1.82) is 0 Å². The van der Waals surface area contributed by atoms with Crippen LogP contribution in [0.1, 0.15) is 11.1 Å². The summed E-state index contributed by atoms with van der Waals surface area (Å²) in [6.45, 7) is 0.795. The van der Waals surface area contributed by atoms with E-state index in [1.807, 2.05) is 30.3 Å². The van der Waals surface area contributed by atoms with Crippen molar-refractivity contribution in [2.24, 2.45) is 0 Å². The van der Waals surface area contributed by atoms with E-state index in [2.05, 4.69) is 29.3 Å². The van der Waals surface area contributed by atoms with E-state index in [4.69, 9.17) is 9.47 Å². The van der Waals surface area contributed by atoms with Gasteiger partial charge >= 0.3 is 0 Å². The SMILES string of the molecule is COc1cc2c(c(OC)c1)CN(c1ccccc1)C=C2. The number of hydrogen-bond acceptors (Lipinski definition) is 3. The summed E-state index contributed by atoms with van der Waals surface area (Å²) in [6.07, 6.45) is 4.19. The maximum atomic E-state index is 5.50. The Morgan fingerprint density at radius 2 is 1.80 bits per heavy atom. The molecule has 1 aliphatic heterocycles. The quantitative estimate of drug-likeness (QED) is 0.846. The molecule has 1 heterocycles. The van der Waals surface area contributed by atoms with E-state index in [-0.39, 0.29) is 0 Å². The van der Waals surface area contributed by atoms with Crippen LogP contribution in [0.4, 0.5) is 5.69 Å². The van der Waals surface area contributed by atoms with Gasteiger partial charge in [-0.15, -0.1) is 0 Å². The monoisotopic (exact) mass is 267 g/mol. The van der Waals surface area contributed by atoms with Crippen molar-refractivity contribution < 1.29 is 9.47 Å². The van der Waals surface area contributed by atoms with Crippen LogP contribution < -0.4 is 14.4 Å². The molecule has 0 radical (unpaired) electrons. The van der Waals surface area contributed by atoms with Gasteiger partial charge in [0.05, 0.1) is 20.8 Å². The zero-order valence-electron chi connectivity index (χ0n) is 11.7. The molecule has 0 amide bonds. The summed E-state index contributed by atoms with van der Waals surface area (Å²) in [6, 6.07) is 14.3. The summed E-state index contributed by atoms with van der Waals surface area (Å²) < 4.78 is 10.8. The summed E-state index contributed by atoms with van der Waals surface area (Å²) >= 11 is 0. The van der Waals surface area contributed by atoms with Crippen molar-refractivity contribution in [2.45, 2.75) is 6.54 Å². The molecule has 1 aliphatic rings. The van der Waals surface area contributed by atoms with Gasteiger partial charge in [-0.3, -0.25) is 0 Å². The lowest BCUT2D eigenvalue weighted by Crippen LogP contribution is -2.19. The topological polar surface area (TPSA) is 21.7 Å². The highest BCUT2D eigenvalue weighted by Crippen LogP contribution is 2.34. The van der Waals surface area contributed by atoms with Gasteiger partial charge in [-0.05, 0) is 29.8 Å². The largest absolute Gasteiger partial charge is 0.497 e. The molecular weight excluding hydrogens is 250 g/mol. The van der Waals surface area contributed by atoms with Crippen molar-refractivity contribution in [1.82, 2.24) is 0 Å². The second-order valence-corrected chi connectivity index (χ2v) is 4.68. The second-order valence-electron chi connectivity index (χ2n) is 4.68. The maximum absolute atomic E-state index is 5.50. The summed E-state index contributed by atoms with van der Waals surface area (Å²) in [5, 5.41) is 0. The summed E-state index contributed by atoms with van der Waals surface area (Å²) in [7, 11) is 3.37. The number of hydrogen-bond donors (Lipinski definition) is 0. The minimum Gasteiger partial charge on any atom is -0.497 e. The fourth-order valence-electron chi connectivity index (χ4n) is 2.45. The Bertz CT molecular complexity index is 635. The first-order valence-corrected chi connectivity index (χ1v) is 6.56. The van der Waals surface area contributed by atoms with E-state index < -0.39 is 0 Å². The number of fused-ring (bicyclic) bond motifs is 1. The van der Waals surface area contributed by atoms with Crippen molar-refractivity contribution in [3.63, 3.8) is 0 Å². The van der Waals surface area contributed by atoms with Crippen molar-refractivity contribution in [3.05, 3.63) is 59.8 Å². The molecular formula is C17H17NO2. The number of para-hydroxylation sites is 1. The van der Waals surface area contributed by atoms with Crippen LogP contribution in [0.2, 0.25) is 0 Å². The molecule has 0 saturated carbocycles. The van der Waals surface area contributed by atoms with Gasteiger partial charge in [0.15, 0.2) is 0 Å². The van der Waals surface area contributed by atoms with Gasteiger partial charge in [0.25, 0.3) is 0 Å². The second kappa shape index (κ2) is 5.29. The van der Waals surface area contributed by atoms with Crippen LogP contribution >= 0.6 is 0 Å². The Labute approximate surface area is 119 Å². The highest BCUT2D eigenvalue weighted by atomic mass is 16.5. The molecule has 3 rings (SSSR count). The van der Waals surface area contributed by atoms with Crippen LogP contribution in [0, 0.1) is 0 Å². The Morgan fingerprint density at radius 1 is 1.00 bits per heavy atom. The van der Waals surface area contributed by atoms with Crippen LogP contribution in [0.5, 0.6) is 11.5 Å². The van der Waals surface area contributed by atoms with Crippen LogP contribution in [0.25, 0.3) is 6.08 Å². The van der Waals surface area contributed by atoms with Gasteiger partial charge in [-0.1, -0.05) is 18.2 Å². The third-order valence-electron chi connectivity index (χ3n) is 3.52. The van der Waals surface area contributed by atoms with Crippen LogP contribution in [0.3, 0.4) is 0 Å². The molecule has 0 atom stereocenters. The highest BCUT2D eigenvalue weighted by molar-refractivity contribution is 5.68. The molecule has 3 heteroatoms. The maximum Gasteiger partial charge on any atom is 0.128 e. The number of methoxy groups -OCH3 is 2. The average Bonchev–Trinajstić information content (AvgIpc) is 2.54. The first-order chi connectivity index (χ1) is 9.81. The average molecular weight is 267 g/mol. The smallest absolute Gasteiger partial charge is 0.128 e. The zero-order valence-corrected chi connectivity index (χ0v) is 11.7. The molecule has 0 aliphatic carbocycles. The number of ether oxygens (including phenoxy) is 2. The molecule has 0 unspecified atom stereocenters. The van der Waals surface area contributed by atoms with Gasteiger partial charge in [0.1, 0.15) is 11.5 Å². The predicted octanol–water partition coefficient (Wildman–Crippen LogP) is 3.69. The van der Waals surface area contributed by atoms with Crippen molar-refractivity contribution in [3.8, 4) is 11.5 Å². The molecule has 2 aromatic carbocycles. The van der Waals surface area contributed by atoms with Gasteiger partial charge in [0, 0.05) is 23.5 Å². The molecule has 102 valence electrons. The zero-order chi connectivity index (χ0) is 13.9. The molecule has 0 aromatic heterocycles. The number of rotatable bonds is 3. The van der Waals surface area contributed by atoms with E-state index in [0.717, 1.165) is 23.6 Å². The number of nitrogens with zero attached hydrogens (tertiary/aromatic N) is 1. The van der Waals surface area contributed by atoms with Crippen molar-refractivity contribution in [2.75, 3.05) is 19.1 Å². The van der Waals surface area contributed by atoms with Crippen LogP contribution in [-0.4, -0.2) is 14.2 Å². The summed E-state index contributed by atoms with van der Waals surface area (Å²) in [5.74, 6) is 1.68. The Morgan fingerprint density at radius 3 is 2.50 bits per heavy atom. The first-order valence-electron chi connectivity index (χ1n) is 6.56. The van der Waals surface area contributed by atoms with E-state index in [9.17, 15) is 0 Å². The fraction of sp³-hybridized carbons (Fsp3) is 0.176. The van der Waals surface area contributed by atoms with Gasteiger partial charge in [-0.25, -0.2) is 0 Å². The third-order valence-corrected chi connectivity index (χ3v) is 3.52. The molecule has 0 spiro atoms. The highest BCUT2D eigenvalue weighted by Gasteiger charge is 2.17. The lowest BCUT2D eigenvalue weighted by atomic mass is 10.0. The first kappa shape index (κ1) is 12.6. The minimum atomic E-state index is 0.795. The molecule has 0 N–H and O–H groups in total. The number of benzene rings is 2. The lowest BCUT2D eigenvalue weighted by Gasteiger charge is -2.27. The molecule has 3 nitrogen and oxygen atoms in total. The summed E-state index contributed by atoms with van der Waals surface area (Å²) in [4.78, 5) is 2.21. The summed E-state index contributed by atoms with van der Waals surface area (Å²) in [5.41, 5.74) is 3.50. The van der Waals surface area contributed by atoms with Gasteiger partial charge in [0.2, 0.25) is 0 Å². The van der Waals surface area contributed by atoms with Gasteiger partial charge in [-0.2, -0.15) is 0 Å². The van der Waals surface area contributed by atoms with Crippen molar-refractivity contribution >= 4 is 11.8 Å². The molecule has 0 fully saturated rings. The molecule has 20 heavy (non-hydrogen) atoms. The standard InChI is InChI=1S/C17H17NO2/c1-19-15-10-13-8-9-18(14-6-4-3-5-7-14)12-16(13)17(11-15)20-2/h3-11H,12H2,1-2H3. The normalized spacial score (nSPS) is 13.0. The molecule has 0 bridgehead atoms. The predicted molar refractivity (Wildman–Crippen MR) is 81.2 cm³/mol. The fourth-order valence-corrected chi connectivity index (χ4v) is 2.45. The van der Waals surface area contributed by atoms with E-state index >= 15 is 0 Å². The van der Waals surface area contributed by atoms with E-state index in [0.29, 0.717) is 0 Å². The third kappa shape index (κ3) is 2.23.